The van der Waals surface area contributed by atoms with Gasteiger partial charge in [0.15, 0.2) is 5.71 Å². The van der Waals surface area contributed by atoms with Crippen LogP contribution in [0.2, 0.25) is 0 Å². The standard InChI is InChI=1S/C13H17ClN2O2S/c1-4-9(3)12(14)16-15-11(13(17)18-5-2)10-7-6-8-19-10/h6-9H,4-5H2,1-3H3. The second-order valence-electron chi connectivity index (χ2n) is 3.88. The third-order valence-corrected chi connectivity index (χ3v) is 3.81. The molecule has 0 N–H and O–H groups in total. The highest BCUT2D eigenvalue weighted by atomic mass is 35.5. The minimum Gasteiger partial charge on any atom is -0.461 e. The maximum atomic E-state index is 11.8. The molecule has 1 atom stereocenters. The highest BCUT2D eigenvalue weighted by Gasteiger charge is 2.17. The van der Waals surface area contributed by atoms with Crippen LogP contribution in [-0.2, 0) is 9.53 Å². The van der Waals surface area contributed by atoms with Gasteiger partial charge >= 0.3 is 5.97 Å². The van der Waals surface area contributed by atoms with Gasteiger partial charge in [-0.15, -0.1) is 21.5 Å². The molecular formula is C13H17ClN2O2S. The summed E-state index contributed by atoms with van der Waals surface area (Å²) >= 11 is 7.42. The molecule has 0 aliphatic rings. The fourth-order valence-electron chi connectivity index (χ4n) is 1.17. The maximum absolute atomic E-state index is 11.8. The van der Waals surface area contributed by atoms with Crippen molar-refractivity contribution in [1.82, 2.24) is 0 Å². The van der Waals surface area contributed by atoms with Crippen LogP contribution >= 0.6 is 22.9 Å². The fourth-order valence-corrected chi connectivity index (χ4v) is 2.06. The first-order chi connectivity index (χ1) is 9.10. The molecule has 4 nitrogen and oxygen atoms in total. The second-order valence-corrected chi connectivity index (χ2v) is 5.21. The fraction of sp³-hybridized carbons (Fsp3) is 0.462. The van der Waals surface area contributed by atoms with Crippen molar-refractivity contribution < 1.29 is 9.53 Å². The molecule has 1 heterocycles. The lowest BCUT2D eigenvalue weighted by molar-refractivity contribution is -0.134. The Bertz CT molecular complexity index is 469. The predicted molar refractivity (Wildman–Crippen MR) is 80.2 cm³/mol. The van der Waals surface area contributed by atoms with Crippen molar-refractivity contribution in [2.75, 3.05) is 6.61 Å². The average molecular weight is 301 g/mol. The van der Waals surface area contributed by atoms with Crippen molar-refractivity contribution in [1.29, 1.82) is 0 Å². The van der Waals surface area contributed by atoms with Crippen molar-refractivity contribution in [2.24, 2.45) is 16.1 Å². The molecule has 0 radical (unpaired) electrons. The molecule has 0 bridgehead atoms. The van der Waals surface area contributed by atoms with Crippen molar-refractivity contribution in [3.05, 3.63) is 22.4 Å². The molecule has 1 unspecified atom stereocenters. The van der Waals surface area contributed by atoms with Gasteiger partial charge in [0.1, 0.15) is 5.17 Å². The van der Waals surface area contributed by atoms with Crippen LogP contribution in [0.3, 0.4) is 0 Å². The molecule has 104 valence electrons. The lowest BCUT2D eigenvalue weighted by atomic mass is 10.1. The Labute approximate surface area is 122 Å². The Balaban J connectivity index is 3.01. The summed E-state index contributed by atoms with van der Waals surface area (Å²) in [5, 5.41) is 10.1. The molecule has 1 aromatic heterocycles. The van der Waals surface area contributed by atoms with E-state index in [0.29, 0.717) is 11.8 Å². The number of thiophene rings is 1. The first-order valence-electron chi connectivity index (χ1n) is 6.12. The molecule has 0 saturated carbocycles. The van der Waals surface area contributed by atoms with Gasteiger partial charge in [0.25, 0.3) is 0 Å². The van der Waals surface area contributed by atoms with Crippen LogP contribution in [0.4, 0.5) is 0 Å². The minimum atomic E-state index is -0.484. The van der Waals surface area contributed by atoms with E-state index in [-0.39, 0.29) is 11.6 Å². The molecule has 1 aromatic rings. The van der Waals surface area contributed by atoms with Gasteiger partial charge in [-0.05, 0) is 24.8 Å². The van der Waals surface area contributed by atoms with Crippen LogP contribution in [0, 0.1) is 5.92 Å². The lowest BCUT2D eigenvalue weighted by Crippen LogP contribution is -2.17. The van der Waals surface area contributed by atoms with Gasteiger partial charge in [-0.2, -0.15) is 0 Å². The smallest absolute Gasteiger partial charge is 0.360 e. The number of rotatable bonds is 6. The number of carbonyl (C=O) groups excluding carboxylic acids is 1. The Morgan fingerprint density at radius 1 is 1.47 bits per heavy atom. The van der Waals surface area contributed by atoms with Crippen LogP contribution < -0.4 is 0 Å². The molecule has 0 aromatic carbocycles. The van der Waals surface area contributed by atoms with Gasteiger partial charge in [-0.3, -0.25) is 0 Å². The summed E-state index contributed by atoms with van der Waals surface area (Å²) in [4.78, 5) is 12.6. The van der Waals surface area contributed by atoms with E-state index in [1.54, 1.807) is 13.0 Å². The van der Waals surface area contributed by atoms with E-state index in [1.165, 1.54) is 11.3 Å². The van der Waals surface area contributed by atoms with E-state index >= 15 is 0 Å². The zero-order chi connectivity index (χ0) is 14.3. The topological polar surface area (TPSA) is 51.0 Å². The van der Waals surface area contributed by atoms with E-state index in [2.05, 4.69) is 10.2 Å². The molecule has 1 rings (SSSR count). The molecule has 0 spiro atoms. The quantitative estimate of drug-likeness (QED) is 0.457. The lowest BCUT2D eigenvalue weighted by Gasteiger charge is -2.04. The van der Waals surface area contributed by atoms with Crippen LogP contribution in [0.15, 0.2) is 27.7 Å². The van der Waals surface area contributed by atoms with Crippen LogP contribution in [0.25, 0.3) is 0 Å². The molecule has 0 aliphatic heterocycles. The number of nitrogens with zero attached hydrogens (tertiary/aromatic N) is 2. The first-order valence-corrected chi connectivity index (χ1v) is 7.37. The summed E-state index contributed by atoms with van der Waals surface area (Å²) in [5.74, 6) is -0.362. The van der Waals surface area contributed by atoms with E-state index in [0.717, 1.165) is 11.3 Å². The summed E-state index contributed by atoms with van der Waals surface area (Å²) in [5.41, 5.74) is 0.193. The number of hydrogen-bond acceptors (Lipinski definition) is 5. The van der Waals surface area contributed by atoms with Gasteiger partial charge in [-0.1, -0.05) is 31.5 Å². The van der Waals surface area contributed by atoms with Crippen molar-refractivity contribution in [2.45, 2.75) is 27.2 Å². The first kappa shape index (κ1) is 15.9. The van der Waals surface area contributed by atoms with Crippen molar-refractivity contribution >= 4 is 39.8 Å². The zero-order valence-electron chi connectivity index (χ0n) is 11.2. The van der Waals surface area contributed by atoms with E-state index in [1.807, 2.05) is 25.3 Å². The predicted octanol–water partition coefficient (Wildman–Crippen LogP) is 3.70. The normalized spacial score (nSPS) is 14.3. The summed E-state index contributed by atoms with van der Waals surface area (Å²) in [6.07, 6.45) is 0.867. The second kappa shape index (κ2) is 8.07. The summed E-state index contributed by atoms with van der Waals surface area (Å²) in [6.45, 7) is 6.01. The Morgan fingerprint density at radius 3 is 2.74 bits per heavy atom. The molecule has 0 amide bonds. The maximum Gasteiger partial charge on any atom is 0.360 e. The van der Waals surface area contributed by atoms with Crippen molar-refractivity contribution in [3.8, 4) is 0 Å². The highest BCUT2D eigenvalue weighted by Crippen LogP contribution is 2.13. The molecule has 0 saturated heterocycles. The number of carbonyl (C=O) groups is 1. The summed E-state index contributed by atoms with van der Waals surface area (Å²) < 4.78 is 4.97. The van der Waals surface area contributed by atoms with Crippen molar-refractivity contribution in [3.63, 3.8) is 0 Å². The van der Waals surface area contributed by atoms with Gasteiger partial charge in [-0.25, -0.2) is 4.79 Å². The highest BCUT2D eigenvalue weighted by molar-refractivity contribution is 7.13. The number of halogens is 1. The van der Waals surface area contributed by atoms with Crippen LogP contribution in [-0.4, -0.2) is 23.5 Å². The zero-order valence-corrected chi connectivity index (χ0v) is 12.8. The molecular weight excluding hydrogens is 284 g/mol. The van der Waals surface area contributed by atoms with Crippen LogP contribution in [0.5, 0.6) is 0 Å². The van der Waals surface area contributed by atoms with Gasteiger partial charge in [0.2, 0.25) is 0 Å². The Morgan fingerprint density at radius 2 is 2.21 bits per heavy atom. The minimum absolute atomic E-state index is 0.122. The monoisotopic (exact) mass is 300 g/mol. The number of ether oxygens (including phenoxy) is 1. The Hall–Kier alpha value is -1.20. The summed E-state index contributed by atoms with van der Waals surface area (Å²) in [7, 11) is 0. The molecule has 0 fully saturated rings. The summed E-state index contributed by atoms with van der Waals surface area (Å²) in [6, 6.07) is 3.64. The van der Waals surface area contributed by atoms with Gasteiger partial charge < -0.3 is 4.74 Å². The third-order valence-electron chi connectivity index (χ3n) is 2.49. The Kier molecular flexibility index (Phi) is 6.73. The van der Waals surface area contributed by atoms with Gasteiger partial charge in [0.05, 0.1) is 11.5 Å². The number of hydrogen-bond donors (Lipinski definition) is 0. The molecule has 0 aliphatic carbocycles. The number of esters is 1. The van der Waals surface area contributed by atoms with Crippen LogP contribution in [0.1, 0.15) is 32.1 Å². The van der Waals surface area contributed by atoms with E-state index in [4.69, 9.17) is 16.3 Å². The third kappa shape index (κ3) is 4.76. The molecule has 6 heteroatoms. The molecule has 19 heavy (non-hydrogen) atoms. The SMILES string of the molecule is CCOC(=O)C(=NN=C(Cl)C(C)CC)c1cccs1. The average Bonchev–Trinajstić information content (AvgIpc) is 2.92. The van der Waals surface area contributed by atoms with E-state index in [9.17, 15) is 4.79 Å². The largest absolute Gasteiger partial charge is 0.461 e. The van der Waals surface area contributed by atoms with Gasteiger partial charge in [0, 0.05) is 5.92 Å². The van der Waals surface area contributed by atoms with E-state index < -0.39 is 5.97 Å².